The summed E-state index contributed by atoms with van der Waals surface area (Å²) >= 11 is 4.93. The largest absolute Gasteiger partial charge is 0.462 e. The third kappa shape index (κ3) is 5.73. The molecule has 0 unspecified atom stereocenters. The van der Waals surface area contributed by atoms with Crippen LogP contribution in [-0.4, -0.2) is 17.4 Å². The fraction of sp³-hybridized carbons (Fsp3) is 0.500. The number of hydrogen-bond donors (Lipinski definition) is 0. The molecule has 0 N–H and O–H groups in total. The SMILES string of the molecule is C=CC(=O)OCCC(=S)CC. The van der Waals surface area contributed by atoms with Gasteiger partial charge in [0.05, 0.1) is 6.61 Å². The molecule has 0 spiro atoms. The molecule has 0 fully saturated rings. The van der Waals surface area contributed by atoms with Gasteiger partial charge in [-0.2, -0.15) is 0 Å². The van der Waals surface area contributed by atoms with Crippen molar-refractivity contribution in [2.75, 3.05) is 6.61 Å². The van der Waals surface area contributed by atoms with Crippen molar-refractivity contribution < 1.29 is 9.53 Å². The minimum absolute atomic E-state index is 0.373. The van der Waals surface area contributed by atoms with Crippen LogP contribution < -0.4 is 0 Å². The van der Waals surface area contributed by atoms with Gasteiger partial charge in [-0.05, 0) is 11.3 Å². The number of thiocarbonyl (C=S) groups is 1. The number of carbonyl (C=O) groups excluding carboxylic acids is 1. The van der Waals surface area contributed by atoms with E-state index < -0.39 is 0 Å². The minimum atomic E-state index is -0.385. The lowest BCUT2D eigenvalue weighted by Crippen LogP contribution is -2.05. The van der Waals surface area contributed by atoms with E-state index in [4.69, 9.17) is 17.0 Å². The standard InChI is InChI=1S/C8H12O2S/c1-3-7(11)5-6-10-8(9)4-2/h4H,2-3,5-6H2,1H3. The minimum Gasteiger partial charge on any atom is -0.462 e. The van der Waals surface area contributed by atoms with Crippen LogP contribution in [0.15, 0.2) is 12.7 Å². The molecule has 62 valence electrons. The van der Waals surface area contributed by atoms with Gasteiger partial charge in [-0.15, -0.1) is 0 Å². The lowest BCUT2D eigenvalue weighted by Gasteiger charge is -2.00. The van der Waals surface area contributed by atoms with Crippen molar-refractivity contribution in [3.8, 4) is 0 Å². The average Bonchev–Trinajstić information content (AvgIpc) is 2.04. The zero-order valence-electron chi connectivity index (χ0n) is 6.63. The molecule has 0 aliphatic carbocycles. The summed E-state index contributed by atoms with van der Waals surface area (Å²) in [5.41, 5.74) is 0. The van der Waals surface area contributed by atoms with Crippen molar-refractivity contribution >= 4 is 23.1 Å². The molecule has 0 radical (unpaired) electrons. The first kappa shape index (κ1) is 10.3. The molecule has 0 heterocycles. The summed E-state index contributed by atoms with van der Waals surface area (Å²) in [6, 6.07) is 0. The molecule has 11 heavy (non-hydrogen) atoms. The summed E-state index contributed by atoms with van der Waals surface area (Å²) in [6.45, 7) is 5.63. The van der Waals surface area contributed by atoms with Crippen LogP contribution in [0.4, 0.5) is 0 Å². The zero-order chi connectivity index (χ0) is 8.69. The summed E-state index contributed by atoms with van der Waals surface area (Å²) in [6.07, 6.45) is 2.68. The number of ether oxygens (including phenoxy) is 1. The van der Waals surface area contributed by atoms with Crippen LogP contribution in [-0.2, 0) is 9.53 Å². The van der Waals surface area contributed by atoms with Crippen molar-refractivity contribution in [2.24, 2.45) is 0 Å². The maximum atomic E-state index is 10.5. The molecule has 0 bridgehead atoms. The number of esters is 1. The predicted molar refractivity (Wildman–Crippen MR) is 48.7 cm³/mol. The number of hydrogen-bond acceptors (Lipinski definition) is 3. The van der Waals surface area contributed by atoms with Crippen LogP contribution in [0.25, 0.3) is 0 Å². The second-order valence-electron chi connectivity index (χ2n) is 2.01. The van der Waals surface area contributed by atoms with Gasteiger partial charge in [-0.3, -0.25) is 0 Å². The highest BCUT2D eigenvalue weighted by molar-refractivity contribution is 7.80. The van der Waals surface area contributed by atoms with Gasteiger partial charge < -0.3 is 4.74 Å². The third-order valence-corrected chi connectivity index (χ3v) is 1.68. The third-order valence-electron chi connectivity index (χ3n) is 1.19. The van der Waals surface area contributed by atoms with Crippen LogP contribution in [0, 0.1) is 0 Å². The first-order valence-electron chi connectivity index (χ1n) is 3.51. The molecule has 0 rings (SSSR count). The Labute approximate surface area is 72.2 Å². The molecule has 0 aliphatic rings. The fourth-order valence-electron chi connectivity index (χ4n) is 0.501. The molecular formula is C8H12O2S. The molecule has 0 amide bonds. The predicted octanol–water partition coefficient (Wildman–Crippen LogP) is 1.89. The zero-order valence-corrected chi connectivity index (χ0v) is 7.45. The molecule has 3 heteroatoms. The normalized spacial score (nSPS) is 8.82. The Morgan fingerprint density at radius 2 is 2.36 bits per heavy atom. The van der Waals surface area contributed by atoms with Crippen molar-refractivity contribution in [1.29, 1.82) is 0 Å². The van der Waals surface area contributed by atoms with Gasteiger partial charge in [-0.1, -0.05) is 25.7 Å². The topological polar surface area (TPSA) is 26.3 Å². The smallest absolute Gasteiger partial charge is 0.330 e. The van der Waals surface area contributed by atoms with E-state index in [1.54, 1.807) is 0 Å². The Bertz CT molecular complexity index is 163. The first-order chi connectivity index (χ1) is 5.20. The maximum absolute atomic E-state index is 10.5. The van der Waals surface area contributed by atoms with Gasteiger partial charge in [0.1, 0.15) is 0 Å². The highest BCUT2D eigenvalue weighted by Gasteiger charge is 1.96. The summed E-state index contributed by atoms with van der Waals surface area (Å²) in [5.74, 6) is -0.385. The van der Waals surface area contributed by atoms with E-state index in [2.05, 4.69) is 6.58 Å². The summed E-state index contributed by atoms with van der Waals surface area (Å²) in [4.78, 5) is 11.4. The Balaban J connectivity index is 3.34. The molecule has 2 nitrogen and oxygen atoms in total. The van der Waals surface area contributed by atoms with E-state index in [0.29, 0.717) is 13.0 Å². The number of rotatable bonds is 5. The molecule has 0 aliphatic heterocycles. The second-order valence-corrected chi connectivity index (χ2v) is 2.59. The van der Waals surface area contributed by atoms with Crippen LogP contribution in [0.5, 0.6) is 0 Å². The van der Waals surface area contributed by atoms with E-state index in [0.717, 1.165) is 17.4 Å². The average molecular weight is 172 g/mol. The fourth-order valence-corrected chi connectivity index (χ4v) is 0.584. The Morgan fingerprint density at radius 1 is 1.73 bits per heavy atom. The second kappa shape index (κ2) is 6.04. The van der Waals surface area contributed by atoms with Gasteiger partial charge in [-0.25, -0.2) is 4.79 Å². The lowest BCUT2D eigenvalue weighted by molar-refractivity contribution is -0.137. The molecule has 0 atom stereocenters. The van der Waals surface area contributed by atoms with E-state index in [9.17, 15) is 4.79 Å². The highest BCUT2D eigenvalue weighted by atomic mass is 32.1. The molecule has 0 saturated carbocycles. The summed E-state index contributed by atoms with van der Waals surface area (Å²) in [5, 5.41) is 0. The van der Waals surface area contributed by atoms with E-state index >= 15 is 0 Å². The van der Waals surface area contributed by atoms with Crippen molar-refractivity contribution in [2.45, 2.75) is 19.8 Å². The monoisotopic (exact) mass is 172 g/mol. The quantitative estimate of drug-likeness (QED) is 0.360. The van der Waals surface area contributed by atoms with Gasteiger partial charge >= 0.3 is 5.97 Å². The Kier molecular flexibility index (Phi) is 5.65. The van der Waals surface area contributed by atoms with Crippen LogP contribution >= 0.6 is 12.2 Å². The van der Waals surface area contributed by atoms with Gasteiger partial charge in [0, 0.05) is 12.5 Å². The van der Waals surface area contributed by atoms with Gasteiger partial charge in [0.15, 0.2) is 0 Å². The molecular weight excluding hydrogens is 160 g/mol. The van der Waals surface area contributed by atoms with Gasteiger partial charge in [0.25, 0.3) is 0 Å². The first-order valence-corrected chi connectivity index (χ1v) is 3.92. The van der Waals surface area contributed by atoms with Crippen molar-refractivity contribution in [1.82, 2.24) is 0 Å². The molecule has 0 saturated heterocycles. The molecule has 0 aromatic rings. The lowest BCUT2D eigenvalue weighted by atomic mass is 10.3. The van der Waals surface area contributed by atoms with Gasteiger partial charge in [0.2, 0.25) is 0 Å². The maximum Gasteiger partial charge on any atom is 0.330 e. The van der Waals surface area contributed by atoms with Crippen LogP contribution in [0.1, 0.15) is 19.8 Å². The van der Waals surface area contributed by atoms with Crippen LogP contribution in [0.2, 0.25) is 0 Å². The summed E-state index contributed by atoms with van der Waals surface area (Å²) < 4.78 is 4.72. The van der Waals surface area contributed by atoms with E-state index in [-0.39, 0.29) is 5.97 Å². The van der Waals surface area contributed by atoms with E-state index in [1.165, 1.54) is 0 Å². The van der Waals surface area contributed by atoms with Crippen LogP contribution in [0.3, 0.4) is 0 Å². The van der Waals surface area contributed by atoms with E-state index in [1.807, 2.05) is 6.92 Å². The van der Waals surface area contributed by atoms with Crippen molar-refractivity contribution in [3.63, 3.8) is 0 Å². The molecule has 0 aromatic heterocycles. The molecule has 0 aromatic carbocycles. The highest BCUT2D eigenvalue weighted by Crippen LogP contribution is 1.93. The Morgan fingerprint density at radius 3 is 2.82 bits per heavy atom. The summed E-state index contributed by atoms with van der Waals surface area (Å²) in [7, 11) is 0. The number of carbonyl (C=O) groups is 1. The Hall–Kier alpha value is -0.700. The van der Waals surface area contributed by atoms with Crippen molar-refractivity contribution in [3.05, 3.63) is 12.7 Å².